The lowest BCUT2D eigenvalue weighted by molar-refractivity contribution is 0.0501. The minimum absolute atomic E-state index is 0.0781. The zero-order valence-electron chi connectivity index (χ0n) is 10.4. The monoisotopic (exact) mass is 252 g/mol. The second kappa shape index (κ2) is 4.75. The van der Waals surface area contributed by atoms with Crippen molar-refractivity contribution >= 4 is 5.91 Å². The minimum atomic E-state index is -0.742. The third kappa shape index (κ3) is 2.20. The summed E-state index contributed by atoms with van der Waals surface area (Å²) >= 11 is 0. The highest BCUT2D eigenvalue weighted by atomic mass is 16.2. The molecule has 18 heavy (non-hydrogen) atoms. The molecule has 1 aliphatic rings. The standard InChI is InChI=1S/C11H16N4O3/c1-6-4-3-5-7(2)15(6)10(17)8-9(16)12-11(18)14-13-8/h6-7H,3-5H2,1-2H3,(H2,12,14,16,18). The van der Waals surface area contributed by atoms with Gasteiger partial charge in [-0.3, -0.25) is 14.6 Å². The molecule has 0 saturated carbocycles. The number of carbonyl (C=O) groups excluding carboxylic acids is 1. The van der Waals surface area contributed by atoms with Gasteiger partial charge in [0.1, 0.15) is 0 Å². The summed E-state index contributed by atoms with van der Waals surface area (Å²) in [5.41, 5.74) is -1.71. The van der Waals surface area contributed by atoms with Crippen LogP contribution in [0.25, 0.3) is 0 Å². The number of rotatable bonds is 1. The molecule has 2 N–H and O–H groups in total. The van der Waals surface area contributed by atoms with Crippen molar-refractivity contribution in [3.63, 3.8) is 0 Å². The number of H-pyrrole nitrogens is 2. The van der Waals surface area contributed by atoms with E-state index >= 15 is 0 Å². The smallest absolute Gasteiger partial charge is 0.332 e. The molecule has 2 rings (SSSR count). The van der Waals surface area contributed by atoms with Crippen LogP contribution >= 0.6 is 0 Å². The molecule has 1 fully saturated rings. The van der Waals surface area contributed by atoms with Crippen molar-refractivity contribution in [3.8, 4) is 0 Å². The maximum atomic E-state index is 12.3. The lowest BCUT2D eigenvalue weighted by Gasteiger charge is -2.38. The first kappa shape index (κ1) is 12.5. The van der Waals surface area contributed by atoms with Gasteiger partial charge in [-0.05, 0) is 33.1 Å². The number of aromatic amines is 2. The highest BCUT2D eigenvalue weighted by Crippen LogP contribution is 2.23. The third-order valence-corrected chi connectivity index (χ3v) is 3.34. The molecule has 1 aromatic heterocycles. The van der Waals surface area contributed by atoms with Crippen LogP contribution in [0, 0.1) is 0 Å². The average Bonchev–Trinajstić information content (AvgIpc) is 2.28. The van der Waals surface area contributed by atoms with E-state index < -0.39 is 17.2 Å². The Hall–Kier alpha value is -1.92. The number of nitrogens with zero attached hydrogens (tertiary/aromatic N) is 2. The molecule has 7 heteroatoms. The van der Waals surface area contributed by atoms with Gasteiger partial charge in [0, 0.05) is 12.1 Å². The molecule has 0 aromatic carbocycles. The molecule has 1 aliphatic heterocycles. The molecular weight excluding hydrogens is 236 g/mol. The third-order valence-electron chi connectivity index (χ3n) is 3.34. The van der Waals surface area contributed by atoms with Crippen molar-refractivity contribution in [3.05, 3.63) is 26.5 Å². The van der Waals surface area contributed by atoms with Gasteiger partial charge in [-0.15, -0.1) is 0 Å². The number of piperidine rings is 1. The fourth-order valence-corrected chi connectivity index (χ4v) is 2.44. The Labute approximate surface area is 103 Å². The summed E-state index contributed by atoms with van der Waals surface area (Å²) < 4.78 is 0. The van der Waals surface area contributed by atoms with Gasteiger partial charge in [0.25, 0.3) is 11.5 Å². The molecule has 0 radical (unpaired) electrons. The van der Waals surface area contributed by atoms with Gasteiger partial charge in [0.2, 0.25) is 5.69 Å². The Morgan fingerprint density at radius 1 is 1.28 bits per heavy atom. The summed E-state index contributed by atoms with van der Waals surface area (Å²) in [6, 6.07) is 0.156. The van der Waals surface area contributed by atoms with E-state index in [-0.39, 0.29) is 17.8 Å². The molecule has 0 spiro atoms. The number of carbonyl (C=O) groups is 1. The van der Waals surface area contributed by atoms with Crippen LogP contribution in [0.15, 0.2) is 9.59 Å². The van der Waals surface area contributed by atoms with E-state index in [9.17, 15) is 14.4 Å². The first-order chi connectivity index (χ1) is 8.50. The van der Waals surface area contributed by atoms with Crippen molar-refractivity contribution in [1.82, 2.24) is 20.1 Å². The second-order valence-electron chi connectivity index (χ2n) is 4.70. The van der Waals surface area contributed by atoms with E-state index in [0.29, 0.717) is 0 Å². The Bertz CT molecular complexity index is 552. The van der Waals surface area contributed by atoms with Gasteiger partial charge >= 0.3 is 5.69 Å². The topological polar surface area (TPSA) is 98.9 Å². The van der Waals surface area contributed by atoms with Crippen molar-refractivity contribution in [2.24, 2.45) is 0 Å². The van der Waals surface area contributed by atoms with Gasteiger partial charge in [-0.25, -0.2) is 9.89 Å². The molecular formula is C11H16N4O3. The Morgan fingerprint density at radius 3 is 2.44 bits per heavy atom. The summed E-state index contributed by atoms with van der Waals surface area (Å²) in [4.78, 5) is 38.4. The van der Waals surface area contributed by atoms with Crippen LogP contribution in [0.4, 0.5) is 0 Å². The molecule has 0 aliphatic carbocycles. The maximum absolute atomic E-state index is 12.3. The quantitative estimate of drug-likeness (QED) is 0.726. The van der Waals surface area contributed by atoms with Crippen LogP contribution < -0.4 is 11.2 Å². The number of hydrogen-bond acceptors (Lipinski definition) is 4. The fourth-order valence-electron chi connectivity index (χ4n) is 2.44. The zero-order valence-corrected chi connectivity index (χ0v) is 10.4. The van der Waals surface area contributed by atoms with Crippen molar-refractivity contribution < 1.29 is 4.79 Å². The number of nitrogens with one attached hydrogen (secondary N) is 2. The Morgan fingerprint density at radius 2 is 1.89 bits per heavy atom. The largest absolute Gasteiger partial charge is 0.342 e. The highest BCUT2D eigenvalue weighted by Gasteiger charge is 2.31. The number of likely N-dealkylation sites (tertiary alicyclic amines) is 1. The van der Waals surface area contributed by atoms with Crippen LogP contribution in [0.3, 0.4) is 0 Å². The highest BCUT2D eigenvalue weighted by molar-refractivity contribution is 5.92. The van der Waals surface area contributed by atoms with Crippen molar-refractivity contribution in [1.29, 1.82) is 0 Å². The Kier molecular flexibility index (Phi) is 3.31. The van der Waals surface area contributed by atoms with Crippen molar-refractivity contribution in [2.45, 2.75) is 45.2 Å². The minimum Gasteiger partial charge on any atom is -0.332 e. The molecule has 0 bridgehead atoms. The van der Waals surface area contributed by atoms with Crippen LogP contribution in [-0.2, 0) is 0 Å². The number of hydrogen-bond donors (Lipinski definition) is 2. The van der Waals surface area contributed by atoms with Crippen LogP contribution in [0.5, 0.6) is 0 Å². The fraction of sp³-hybridized carbons (Fsp3) is 0.636. The van der Waals surface area contributed by atoms with Gasteiger partial charge in [-0.1, -0.05) is 0 Å². The van der Waals surface area contributed by atoms with Gasteiger partial charge in [-0.2, -0.15) is 5.10 Å². The zero-order chi connectivity index (χ0) is 13.3. The van der Waals surface area contributed by atoms with E-state index in [4.69, 9.17) is 0 Å². The molecule has 1 aromatic rings. The predicted octanol–water partition coefficient (Wildman–Crippen LogP) is -0.139. The van der Waals surface area contributed by atoms with Gasteiger partial charge in [0.05, 0.1) is 0 Å². The van der Waals surface area contributed by atoms with Gasteiger partial charge in [0.15, 0.2) is 0 Å². The molecule has 2 atom stereocenters. The number of aromatic nitrogens is 3. The molecule has 7 nitrogen and oxygen atoms in total. The normalized spacial score (nSPS) is 24.0. The molecule has 2 unspecified atom stereocenters. The van der Waals surface area contributed by atoms with Crippen LogP contribution in [0.2, 0.25) is 0 Å². The van der Waals surface area contributed by atoms with E-state index in [2.05, 4.69) is 10.2 Å². The average molecular weight is 252 g/mol. The molecule has 1 amide bonds. The van der Waals surface area contributed by atoms with E-state index in [1.165, 1.54) is 0 Å². The van der Waals surface area contributed by atoms with E-state index in [1.807, 2.05) is 18.8 Å². The summed E-state index contributed by atoms with van der Waals surface area (Å²) in [7, 11) is 0. The summed E-state index contributed by atoms with van der Waals surface area (Å²) in [6.45, 7) is 3.90. The lowest BCUT2D eigenvalue weighted by atomic mass is 9.97. The number of amides is 1. The summed E-state index contributed by atoms with van der Waals surface area (Å²) in [6.07, 6.45) is 2.90. The predicted molar refractivity (Wildman–Crippen MR) is 64.4 cm³/mol. The first-order valence-electron chi connectivity index (χ1n) is 6.02. The van der Waals surface area contributed by atoms with E-state index in [1.54, 1.807) is 4.90 Å². The van der Waals surface area contributed by atoms with Gasteiger partial charge < -0.3 is 4.90 Å². The lowest BCUT2D eigenvalue weighted by Crippen LogP contribution is -2.49. The summed E-state index contributed by atoms with van der Waals surface area (Å²) in [5, 5.41) is 5.63. The SMILES string of the molecule is CC1CCCC(C)N1C(=O)c1n[nH]c(=O)[nH]c1=O. The van der Waals surface area contributed by atoms with Crippen molar-refractivity contribution in [2.75, 3.05) is 0 Å². The van der Waals surface area contributed by atoms with E-state index in [0.717, 1.165) is 19.3 Å². The second-order valence-corrected chi connectivity index (χ2v) is 4.70. The first-order valence-corrected chi connectivity index (χ1v) is 6.02. The maximum Gasteiger partial charge on any atom is 0.342 e. The van der Waals surface area contributed by atoms with Crippen LogP contribution in [-0.4, -0.2) is 38.1 Å². The summed E-state index contributed by atoms with van der Waals surface area (Å²) in [5.74, 6) is -0.424. The molecule has 98 valence electrons. The molecule has 1 saturated heterocycles. The Balaban J connectivity index is 2.35. The van der Waals surface area contributed by atoms with Crippen LogP contribution in [0.1, 0.15) is 43.6 Å². The molecule has 2 heterocycles.